The Labute approximate surface area is 341 Å². The van der Waals surface area contributed by atoms with Crippen LogP contribution in [0, 0.1) is 11.8 Å². The van der Waals surface area contributed by atoms with E-state index < -0.39 is 30.3 Å². The van der Waals surface area contributed by atoms with Gasteiger partial charge in [-0.1, -0.05) is 57.1 Å². The Balaban J connectivity index is 1.09. The molecule has 0 saturated heterocycles. The van der Waals surface area contributed by atoms with Crippen molar-refractivity contribution >= 4 is 57.2 Å². The number of aliphatic imine (C=N–C) groups is 1. The number of rotatable bonds is 10. The molecule has 0 spiro atoms. The number of carbonyl (C=O) groups excluding carboxylic acids is 4. The fraction of sp³-hybridized carbons (Fsp3) is 0.386. The first-order valence-corrected chi connectivity index (χ1v) is 19.6. The standard InChI is InChI=1S/C44H49N7O8/c1-22(2)37(48-43(55)57-7)41(53)50-20-24(5)13-33(50)31-16-28(18-45-31)26-9-11-29-36(17-26)59-35-12-10-27(15-30(35)39(29)52)32-19-46-40(47-32)34-14-25(6)21-51(34)42(54)38(23(3)4)49-44(56)58-8/h9-15,17-19,22-23,33-34,37-38H,16,20-21H2,1-8H3,(H,46,47)(H,48,55)(H,49,56)/t33-,34-,37-,38-/m0/s1. The monoisotopic (exact) mass is 803 g/mol. The summed E-state index contributed by atoms with van der Waals surface area (Å²) in [5.74, 6) is -0.248. The first kappa shape index (κ1) is 40.7. The van der Waals surface area contributed by atoms with Crippen molar-refractivity contribution in [1.82, 2.24) is 30.4 Å². The lowest BCUT2D eigenvalue weighted by molar-refractivity contribution is -0.135. The number of carbonyl (C=O) groups is 4. The van der Waals surface area contributed by atoms with Gasteiger partial charge in [-0.05, 0) is 67.2 Å². The number of aromatic amines is 1. The van der Waals surface area contributed by atoms with Crippen LogP contribution < -0.4 is 16.1 Å². The van der Waals surface area contributed by atoms with Gasteiger partial charge in [-0.3, -0.25) is 19.4 Å². The molecule has 4 aromatic rings. The van der Waals surface area contributed by atoms with E-state index in [0.717, 1.165) is 28.0 Å². The molecule has 0 aliphatic carbocycles. The van der Waals surface area contributed by atoms with E-state index in [4.69, 9.17) is 18.9 Å². The number of imidazole rings is 1. The maximum atomic E-state index is 13.9. The smallest absolute Gasteiger partial charge is 0.407 e. The van der Waals surface area contributed by atoms with E-state index in [2.05, 4.69) is 20.6 Å². The van der Waals surface area contributed by atoms with Gasteiger partial charge in [-0.15, -0.1) is 0 Å². The van der Waals surface area contributed by atoms with Gasteiger partial charge in [-0.25, -0.2) is 14.6 Å². The molecular formula is C44H49N7O8. The molecule has 0 radical (unpaired) electrons. The van der Waals surface area contributed by atoms with E-state index in [1.165, 1.54) is 14.2 Å². The van der Waals surface area contributed by atoms with Gasteiger partial charge in [0.05, 0.1) is 42.9 Å². The first-order valence-electron chi connectivity index (χ1n) is 19.6. The van der Waals surface area contributed by atoms with Gasteiger partial charge >= 0.3 is 12.2 Å². The van der Waals surface area contributed by atoms with Crippen LogP contribution in [-0.4, -0.2) is 94.9 Å². The second-order valence-electron chi connectivity index (χ2n) is 16.0. The summed E-state index contributed by atoms with van der Waals surface area (Å²) in [6.45, 7) is 12.2. The molecule has 3 N–H and O–H groups in total. The predicted molar refractivity (Wildman–Crippen MR) is 223 cm³/mol. The van der Waals surface area contributed by atoms with Gasteiger partial charge in [0.25, 0.3) is 0 Å². The zero-order valence-corrected chi connectivity index (χ0v) is 34.4. The minimum atomic E-state index is -0.784. The number of nitrogens with zero attached hydrogens (tertiary/aromatic N) is 4. The fourth-order valence-corrected chi connectivity index (χ4v) is 7.91. The summed E-state index contributed by atoms with van der Waals surface area (Å²) >= 11 is 0. The van der Waals surface area contributed by atoms with Crippen LogP contribution in [0.3, 0.4) is 0 Å². The Hall–Kier alpha value is -6.51. The van der Waals surface area contributed by atoms with Crippen LogP contribution in [0.4, 0.5) is 9.59 Å². The Morgan fingerprint density at radius 2 is 1.39 bits per heavy atom. The summed E-state index contributed by atoms with van der Waals surface area (Å²) in [5.41, 5.74) is 6.62. The minimum absolute atomic E-state index is 0.160. The van der Waals surface area contributed by atoms with Crippen molar-refractivity contribution < 1.29 is 33.1 Å². The number of ether oxygens (including phenoxy) is 2. The minimum Gasteiger partial charge on any atom is -0.456 e. The molecule has 5 heterocycles. The summed E-state index contributed by atoms with van der Waals surface area (Å²) < 4.78 is 15.9. The lowest BCUT2D eigenvalue weighted by Gasteiger charge is -2.31. The Morgan fingerprint density at radius 3 is 2.00 bits per heavy atom. The summed E-state index contributed by atoms with van der Waals surface area (Å²) in [5, 5.41) is 6.17. The van der Waals surface area contributed by atoms with Crippen molar-refractivity contribution in [3.63, 3.8) is 0 Å². The topological polar surface area (TPSA) is 189 Å². The van der Waals surface area contributed by atoms with Gasteiger partial charge in [0.2, 0.25) is 17.2 Å². The Bertz CT molecular complexity index is 2540. The molecule has 308 valence electrons. The van der Waals surface area contributed by atoms with Crippen molar-refractivity contribution in [2.24, 2.45) is 16.8 Å². The van der Waals surface area contributed by atoms with Crippen LogP contribution in [0.2, 0.25) is 0 Å². The highest BCUT2D eigenvalue weighted by Gasteiger charge is 2.39. The molecule has 0 unspecified atom stereocenters. The second kappa shape index (κ2) is 16.4. The molecule has 2 aromatic heterocycles. The average molecular weight is 804 g/mol. The lowest BCUT2D eigenvalue weighted by atomic mass is 9.97. The third-order valence-electron chi connectivity index (χ3n) is 11.1. The highest BCUT2D eigenvalue weighted by atomic mass is 16.5. The van der Waals surface area contributed by atoms with Crippen molar-refractivity contribution in [2.75, 3.05) is 27.3 Å². The van der Waals surface area contributed by atoms with Crippen LogP contribution in [-0.2, 0) is 19.1 Å². The second-order valence-corrected chi connectivity index (χ2v) is 16.0. The van der Waals surface area contributed by atoms with Crippen LogP contribution >= 0.6 is 0 Å². The molecule has 0 fully saturated rings. The normalized spacial score (nSPS) is 18.8. The number of allylic oxidation sites excluding steroid dienone is 1. The molecule has 2 aromatic carbocycles. The Morgan fingerprint density at radius 1 is 0.797 bits per heavy atom. The third-order valence-corrected chi connectivity index (χ3v) is 11.1. The lowest BCUT2D eigenvalue weighted by Crippen LogP contribution is -2.54. The maximum Gasteiger partial charge on any atom is 0.407 e. The number of nitrogens with one attached hydrogen (secondary N) is 3. The number of benzene rings is 2. The number of hydrogen-bond acceptors (Lipinski definition) is 10. The van der Waals surface area contributed by atoms with Gasteiger partial charge in [0, 0.05) is 37.0 Å². The van der Waals surface area contributed by atoms with Gasteiger partial charge in [-0.2, -0.15) is 0 Å². The third kappa shape index (κ3) is 8.01. The van der Waals surface area contributed by atoms with E-state index in [1.54, 1.807) is 40.4 Å². The van der Waals surface area contributed by atoms with E-state index in [-0.39, 0.29) is 35.1 Å². The number of amides is 4. The van der Waals surface area contributed by atoms with Crippen LogP contribution in [0.5, 0.6) is 0 Å². The first-order chi connectivity index (χ1) is 28.2. The summed E-state index contributed by atoms with van der Waals surface area (Å²) in [6, 6.07) is 8.47. The van der Waals surface area contributed by atoms with Crippen LogP contribution in [0.1, 0.15) is 65.4 Å². The number of hydrogen-bond donors (Lipinski definition) is 3. The molecule has 3 aliphatic heterocycles. The van der Waals surface area contributed by atoms with Crippen molar-refractivity contribution in [3.05, 3.63) is 93.7 Å². The molecule has 15 heteroatoms. The van der Waals surface area contributed by atoms with Gasteiger partial charge in [0.1, 0.15) is 35.1 Å². The quantitative estimate of drug-likeness (QED) is 0.123. The number of fused-ring (bicyclic) bond motifs is 2. The zero-order valence-electron chi connectivity index (χ0n) is 34.4. The Kier molecular flexibility index (Phi) is 11.3. The SMILES string of the molecule is COC(=O)N[C@H](C(=O)N1CC(C)=C[C@H]1C1=NC=C(c2ccc3c(=O)c4cc(-c5cnc([C@@H]6C=C(C)CN6C(=O)[C@@H](NC(=O)OC)C(C)C)[nH]5)ccc4oc3c2)C1)C(C)C. The summed E-state index contributed by atoms with van der Waals surface area (Å²) in [6.07, 6.45) is 6.61. The molecule has 15 nitrogen and oxygen atoms in total. The number of methoxy groups -OCH3 is 2. The average Bonchev–Trinajstić information content (AvgIpc) is 4.04. The predicted octanol–water partition coefficient (Wildman–Crippen LogP) is 6.27. The molecule has 4 atom stereocenters. The molecule has 0 saturated carbocycles. The number of aromatic nitrogens is 2. The van der Waals surface area contributed by atoms with Crippen LogP contribution in [0.25, 0.3) is 38.8 Å². The zero-order chi connectivity index (χ0) is 42.3. The van der Waals surface area contributed by atoms with E-state index in [1.807, 2.05) is 71.9 Å². The summed E-state index contributed by atoms with van der Waals surface area (Å²) in [7, 11) is 2.53. The highest BCUT2D eigenvalue weighted by Crippen LogP contribution is 2.34. The number of alkyl carbamates (subject to hydrolysis) is 2. The molecule has 7 rings (SSSR count). The number of H-pyrrole nitrogens is 1. The van der Waals surface area contributed by atoms with Crippen molar-refractivity contribution in [2.45, 2.75) is 72.1 Å². The van der Waals surface area contributed by atoms with Crippen LogP contribution in [0.15, 0.2) is 86.3 Å². The van der Waals surface area contributed by atoms with E-state index in [0.29, 0.717) is 58.5 Å². The summed E-state index contributed by atoms with van der Waals surface area (Å²) in [4.78, 5) is 81.6. The molecule has 4 amide bonds. The van der Waals surface area contributed by atoms with Gasteiger partial charge < -0.3 is 39.3 Å². The van der Waals surface area contributed by atoms with Crippen molar-refractivity contribution in [1.29, 1.82) is 0 Å². The van der Waals surface area contributed by atoms with E-state index >= 15 is 0 Å². The molecule has 59 heavy (non-hydrogen) atoms. The molecular weight excluding hydrogens is 755 g/mol. The van der Waals surface area contributed by atoms with Gasteiger partial charge in [0.15, 0.2) is 0 Å². The van der Waals surface area contributed by atoms with Crippen molar-refractivity contribution in [3.8, 4) is 11.3 Å². The maximum absolute atomic E-state index is 13.9. The largest absolute Gasteiger partial charge is 0.456 e. The molecule has 3 aliphatic rings. The fourth-order valence-electron chi connectivity index (χ4n) is 7.91. The highest BCUT2D eigenvalue weighted by molar-refractivity contribution is 6.06. The molecule has 0 bridgehead atoms. The van der Waals surface area contributed by atoms with E-state index in [9.17, 15) is 24.0 Å².